The Balaban J connectivity index is 1.34. The first kappa shape index (κ1) is 34.8. The van der Waals surface area contributed by atoms with Crippen molar-refractivity contribution in [2.45, 2.75) is 112 Å². The molecule has 7 rings (SSSR count). The summed E-state index contributed by atoms with van der Waals surface area (Å²) in [6.45, 7) is 20.6. The second-order valence-corrected chi connectivity index (χ2v) is 16.2. The first-order valence-electron chi connectivity index (χ1n) is 19.0. The zero-order valence-corrected chi connectivity index (χ0v) is 32.0. The van der Waals surface area contributed by atoms with Gasteiger partial charge in [0.1, 0.15) is 17.3 Å². The molecule has 0 N–H and O–H groups in total. The van der Waals surface area contributed by atoms with E-state index in [1.54, 1.807) is 0 Å². The molecule has 0 fully saturated rings. The standard InChI is InChI=1S/C46H54N4O/c1-10-11-17-33-22-23-47-42(24-33)49-40-19-13-12-18-38(40)39-21-20-36(28-41(39)49)51-37-26-34(29(2)3)25-35(27-37)50-45(46(7,8)9)44(32(6)48-50)43-30(4)15-14-16-31(43)5/h12-13,15,18-29,31,43H,10-11,14,16-17H2,1-9H3/t31-,43?/m0/s1. The van der Waals surface area contributed by atoms with Gasteiger partial charge in [0.25, 0.3) is 0 Å². The van der Waals surface area contributed by atoms with Crippen LogP contribution in [0.15, 0.2) is 90.6 Å². The highest BCUT2D eigenvalue weighted by atomic mass is 16.5. The zero-order chi connectivity index (χ0) is 36.0. The van der Waals surface area contributed by atoms with Crippen molar-refractivity contribution < 1.29 is 4.74 Å². The van der Waals surface area contributed by atoms with Crippen LogP contribution in [0.25, 0.3) is 33.3 Å². The summed E-state index contributed by atoms with van der Waals surface area (Å²) >= 11 is 0. The molecule has 51 heavy (non-hydrogen) atoms. The predicted molar refractivity (Wildman–Crippen MR) is 213 cm³/mol. The van der Waals surface area contributed by atoms with Crippen molar-refractivity contribution in [1.29, 1.82) is 0 Å². The maximum Gasteiger partial charge on any atom is 0.137 e. The molecule has 2 atom stereocenters. The molecule has 0 amide bonds. The number of allylic oxidation sites excluding steroid dienone is 2. The molecule has 0 bridgehead atoms. The number of aromatic nitrogens is 4. The maximum atomic E-state index is 6.83. The summed E-state index contributed by atoms with van der Waals surface area (Å²) in [6.07, 6.45) is 10.1. The van der Waals surface area contributed by atoms with Gasteiger partial charge in [0.2, 0.25) is 0 Å². The number of para-hydroxylation sites is 1. The van der Waals surface area contributed by atoms with Crippen LogP contribution in [0.3, 0.4) is 0 Å². The third-order valence-corrected chi connectivity index (χ3v) is 10.8. The molecule has 1 aliphatic rings. The highest BCUT2D eigenvalue weighted by Gasteiger charge is 2.35. The van der Waals surface area contributed by atoms with E-state index in [0.29, 0.717) is 17.8 Å². The van der Waals surface area contributed by atoms with Crippen LogP contribution in [0, 0.1) is 12.8 Å². The Kier molecular flexibility index (Phi) is 9.43. The molecule has 6 aromatic rings. The highest BCUT2D eigenvalue weighted by molar-refractivity contribution is 6.09. The maximum absolute atomic E-state index is 6.83. The third kappa shape index (κ3) is 6.64. The van der Waals surface area contributed by atoms with Gasteiger partial charge >= 0.3 is 0 Å². The van der Waals surface area contributed by atoms with Crippen LogP contribution < -0.4 is 4.74 Å². The number of aryl methyl sites for hydroxylation is 2. The molecular formula is C46H54N4O. The van der Waals surface area contributed by atoms with Crippen LogP contribution in [-0.4, -0.2) is 19.3 Å². The lowest BCUT2D eigenvalue weighted by atomic mass is 9.72. The molecule has 3 aromatic heterocycles. The van der Waals surface area contributed by atoms with Crippen molar-refractivity contribution in [3.05, 3.63) is 119 Å². The van der Waals surface area contributed by atoms with Crippen LogP contribution in [0.4, 0.5) is 0 Å². The van der Waals surface area contributed by atoms with E-state index in [1.807, 2.05) is 6.20 Å². The van der Waals surface area contributed by atoms with Crippen molar-refractivity contribution >= 4 is 21.8 Å². The Morgan fingerprint density at radius 1 is 0.902 bits per heavy atom. The van der Waals surface area contributed by atoms with Crippen molar-refractivity contribution in [1.82, 2.24) is 19.3 Å². The molecule has 5 heteroatoms. The van der Waals surface area contributed by atoms with Crippen LogP contribution in [0.5, 0.6) is 11.5 Å². The Hall–Kier alpha value is -4.64. The Bertz CT molecular complexity index is 2240. The number of hydrogen-bond donors (Lipinski definition) is 0. The van der Waals surface area contributed by atoms with E-state index in [0.717, 1.165) is 52.6 Å². The Labute approximate surface area is 304 Å². The SMILES string of the molecule is CCCCc1ccnc(-n2c3ccccc3c3ccc(Oc4cc(C(C)C)cc(-n5nc(C)c(C6C(C)=CCC[C@@H]6C)c5C(C)(C)C)c4)cc32)c1. The van der Waals surface area contributed by atoms with Gasteiger partial charge in [0.05, 0.1) is 28.1 Å². The topological polar surface area (TPSA) is 44.9 Å². The van der Waals surface area contributed by atoms with E-state index in [2.05, 4.69) is 150 Å². The van der Waals surface area contributed by atoms with E-state index in [9.17, 15) is 0 Å². The van der Waals surface area contributed by atoms with Crippen molar-refractivity contribution in [3.63, 3.8) is 0 Å². The minimum absolute atomic E-state index is 0.108. The van der Waals surface area contributed by atoms with Gasteiger partial charge < -0.3 is 4.74 Å². The minimum atomic E-state index is -0.108. The van der Waals surface area contributed by atoms with Gasteiger partial charge in [0.15, 0.2) is 0 Å². The second kappa shape index (κ2) is 13.8. The molecule has 1 unspecified atom stereocenters. The number of nitrogens with zero attached hydrogens (tertiary/aromatic N) is 4. The molecule has 5 nitrogen and oxygen atoms in total. The molecule has 1 aliphatic carbocycles. The number of hydrogen-bond acceptors (Lipinski definition) is 3. The molecule has 3 aromatic carbocycles. The normalized spacial score (nSPS) is 16.7. The van der Waals surface area contributed by atoms with Gasteiger partial charge in [0, 0.05) is 46.0 Å². The molecule has 0 aliphatic heterocycles. The lowest BCUT2D eigenvalue weighted by Gasteiger charge is -2.32. The Morgan fingerprint density at radius 3 is 2.43 bits per heavy atom. The van der Waals surface area contributed by atoms with E-state index in [-0.39, 0.29) is 5.41 Å². The molecule has 0 radical (unpaired) electrons. The quantitative estimate of drug-likeness (QED) is 0.143. The molecular weight excluding hydrogens is 625 g/mol. The molecule has 0 saturated carbocycles. The average Bonchev–Trinajstić information content (AvgIpc) is 3.62. The summed E-state index contributed by atoms with van der Waals surface area (Å²) in [5.41, 5.74) is 11.0. The molecule has 0 saturated heterocycles. The average molecular weight is 679 g/mol. The number of fused-ring (bicyclic) bond motifs is 3. The van der Waals surface area contributed by atoms with Crippen LogP contribution in [0.1, 0.15) is 121 Å². The summed E-state index contributed by atoms with van der Waals surface area (Å²) < 4.78 is 11.3. The second-order valence-electron chi connectivity index (χ2n) is 16.2. The van der Waals surface area contributed by atoms with Crippen molar-refractivity contribution in [2.24, 2.45) is 5.92 Å². The van der Waals surface area contributed by atoms with Gasteiger partial charge in [-0.3, -0.25) is 4.57 Å². The summed E-state index contributed by atoms with van der Waals surface area (Å²) in [5, 5.41) is 7.69. The van der Waals surface area contributed by atoms with Crippen molar-refractivity contribution in [3.8, 4) is 23.0 Å². The van der Waals surface area contributed by atoms with Gasteiger partial charge in [-0.1, -0.05) is 84.7 Å². The summed E-state index contributed by atoms with van der Waals surface area (Å²) in [6, 6.07) is 26.1. The van der Waals surface area contributed by atoms with Gasteiger partial charge in [-0.2, -0.15) is 5.10 Å². The third-order valence-electron chi connectivity index (χ3n) is 10.8. The number of benzene rings is 3. The number of pyridine rings is 1. The van der Waals surface area contributed by atoms with Crippen molar-refractivity contribution in [2.75, 3.05) is 0 Å². The zero-order valence-electron chi connectivity index (χ0n) is 32.0. The van der Waals surface area contributed by atoms with Crippen LogP contribution >= 0.6 is 0 Å². The van der Waals surface area contributed by atoms with Gasteiger partial charge in [-0.05, 0) is 105 Å². The first-order chi connectivity index (χ1) is 24.4. The molecule has 0 spiro atoms. The fourth-order valence-electron chi connectivity index (χ4n) is 8.29. The fourth-order valence-corrected chi connectivity index (χ4v) is 8.29. The smallest absolute Gasteiger partial charge is 0.137 e. The van der Waals surface area contributed by atoms with Gasteiger partial charge in [-0.15, -0.1) is 0 Å². The van der Waals surface area contributed by atoms with E-state index in [4.69, 9.17) is 14.8 Å². The summed E-state index contributed by atoms with van der Waals surface area (Å²) in [4.78, 5) is 4.87. The summed E-state index contributed by atoms with van der Waals surface area (Å²) in [5.74, 6) is 3.83. The first-order valence-corrected chi connectivity index (χ1v) is 19.0. The molecule has 264 valence electrons. The lowest BCUT2D eigenvalue weighted by molar-refractivity contribution is 0.437. The number of rotatable bonds is 9. The van der Waals surface area contributed by atoms with Crippen LogP contribution in [0.2, 0.25) is 0 Å². The highest BCUT2D eigenvalue weighted by Crippen LogP contribution is 2.45. The monoisotopic (exact) mass is 678 g/mol. The molecule has 3 heterocycles. The Morgan fingerprint density at radius 2 is 1.69 bits per heavy atom. The van der Waals surface area contributed by atoms with Crippen LogP contribution in [-0.2, 0) is 11.8 Å². The summed E-state index contributed by atoms with van der Waals surface area (Å²) in [7, 11) is 0. The lowest BCUT2D eigenvalue weighted by Crippen LogP contribution is -2.24. The fraction of sp³-hybridized carbons (Fsp3) is 0.391. The largest absolute Gasteiger partial charge is 0.457 e. The van der Waals surface area contributed by atoms with E-state index < -0.39 is 0 Å². The number of ether oxygens (including phenoxy) is 1. The van der Waals surface area contributed by atoms with E-state index in [1.165, 1.54) is 58.0 Å². The number of unbranched alkanes of at least 4 members (excludes halogenated alkanes) is 1. The predicted octanol–water partition coefficient (Wildman–Crippen LogP) is 12.7. The van der Waals surface area contributed by atoms with E-state index >= 15 is 0 Å². The van der Waals surface area contributed by atoms with Gasteiger partial charge in [-0.25, -0.2) is 9.67 Å². The minimum Gasteiger partial charge on any atom is -0.457 e.